The van der Waals surface area contributed by atoms with Crippen molar-refractivity contribution in [1.82, 2.24) is 9.13 Å². The van der Waals surface area contributed by atoms with Gasteiger partial charge >= 0.3 is 0 Å². The molecule has 4 heteroatoms. The highest BCUT2D eigenvalue weighted by Crippen LogP contribution is 2.37. The maximum Gasteiger partial charge on any atom is 0.204 e. The van der Waals surface area contributed by atoms with Gasteiger partial charge in [-0.25, -0.2) is 0 Å². The van der Waals surface area contributed by atoms with E-state index in [1.807, 2.05) is 0 Å². The fourth-order valence-electron chi connectivity index (χ4n) is 6.57. The van der Waals surface area contributed by atoms with Crippen LogP contribution < -0.4 is 0 Å². The van der Waals surface area contributed by atoms with Crippen molar-refractivity contribution >= 4 is 43.4 Å². The van der Waals surface area contributed by atoms with Gasteiger partial charge in [0.2, 0.25) is 11.8 Å². The Bertz CT molecular complexity index is 1840. The first-order valence-electron chi connectivity index (χ1n) is 15.9. The molecule has 0 bridgehead atoms. The van der Waals surface area contributed by atoms with Gasteiger partial charge < -0.3 is 8.83 Å². The molecule has 0 N–H and O–H groups in total. The summed E-state index contributed by atoms with van der Waals surface area (Å²) in [6.45, 7) is 4.50. The number of hydrogen-bond acceptors (Lipinski definition) is 2. The molecule has 0 radical (unpaired) electrons. The normalized spacial score (nSPS) is 12.0. The van der Waals surface area contributed by atoms with Crippen molar-refractivity contribution in [2.75, 3.05) is 0 Å². The topological polar surface area (TPSA) is 36.1 Å². The Morgan fingerprint density at radius 1 is 0.429 bits per heavy atom. The van der Waals surface area contributed by atoms with E-state index in [9.17, 15) is 0 Å². The van der Waals surface area contributed by atoms with Gasteiger partial charge in [0.25, 0.3) is 0 Å². The highest BCUT2D eigenvalue weighted by molar-refractivity contribution is 6.21. The first-order valence-corrected chi connectivity index (χ1v) is 15.9. The van der Waals surface area contributed by atoms with E-state index in [0.29, 0.717) is 0 Å². The van der Waals surface area contributed by atoms with Gasteiger partial charge in [-0.1, -0.05) is 76.6 Å². The molecule has 4 nitrogen and oxygen atoms in total. The van der Waals surface area contributed by atoms with Crippen molar-refractivity contribution in [3.05, 3.63) is 96.7 Å². The monoisotopic (exact) mass is 556 g/mol. The third-order valence-corrected chi connectivity index (χ3v) is 8.86. The van der Waals surface area contributed by atoms with Crippen LogP contribution in [0.5, 0.6) is 0 Å². The highest BCUT2D eigenvalue weighted by Gasteiger charge is 2.14. The Labute approximate surface area is 247 Å². The Kier molecular flexibility index (Phi) is 7.37. The Morgan fingerprint density at radius 2 is 0.857 bits per heavy atom. The first kappa shape index (κ1) is 26.7. The summed E-state index contributed by atoms with van der Waals surface area (Å²) in [6, 6.07) is 26.5. The first-order chi connectivity index (χ1) is 20.7. The average Bonchev–Trinajstić information content (AvgIpc) is 3.82. The second-order valence-corrected chi connectivity index (χ2v) is 11.7. The zero-order chi connectivity index (χ0) is 28.5. The van der Waals surface area contributed by atoms with Crippen molar-refractivity contribution in [1.29, 1.82) is 0 Å². The van der Waals surface area contributed by atoms with Crippen LogP contribution in [0.2, 0.25) is 0 Å². The van der Waals surface area contributed by atoms with Crippen LogP contribution in [0.3, 0.4) is 0 Å². The molecule has 0 fully saturated rings. The van der Waals surface area contributed by atoms with Crippen molar-refractivity contribution in [2.45, 2.75) is 78.1 Å². The van der Waals surface area contributed by atoms with Gasteiger partial charge in [-0.2, -0.15) is 0 Å². The lowest BCUT2D eigenvalue weighted by Crippen LogP contribution is -1.90. The number of unbranched alkanes of at least 4 members (excludes halogenated alkanes) is 6. The number of rotatable bonds is 12. The summed E-state index contributed by atoms with van der Waals surface area (Å²) in [7, 11) is 0. The number of aryl methyl sites for hydroxylation is 2. The predicted molar refractivity (Wildman–Crippen MR) is 175 cm³/mol. The molecule has 0 spiro atoms. The molecule has 3 aromatic carbocycles. The molecule has 0 saturated heterocycles. The Morgan fingerprint density at radius 3 is 1.31 bits per heavy atom. The van der Waals surface area contributed by atoms with Gasteiger partial charge in [-0.3, -0.25) is 9.13 Å². The van der Waals surface area contributed by atoms with E-state index >= 15 is 0 Å². The molecule has 0 amide bonds. The average molecular weight is 557 g/mol. The molecule has 7 aromatic rings. The van der Waals surface area contributed by atoms with Gasteiger partial charge in [0, 0.05) is 48.1 Å². The van der Waals surface area contributed by atoms with Crippen molar-refractivity contribution < 1.29 is 8.83 Å². The minimum Gasteiger partial charge on any atom is -0.445 e. The third-order valence-electron chi connectivity index (χ3n) is 8.86. The summed E-state index contributed by atoms with van der Waals surface area (Å²) in [4.78, 5) is 0. The number of hydrogen-bond donors (Lipinski definition) is 0. The molecular weight excluding hydrogens is 516 g/mol. The number of fused-ring (bicyclic) bond motifs is 7. The summed E-state index contributed by atoms with van der Waals surface area (Å²) in [5, 5.41) is 7.57. The lowest BCUT2D eigenvalue weighted by atomic mass is 9.98. The van der Waals surface area contributed by atoms with Crippen LogP contribution in [0.4, 0.5) is 0 Å². The fraction of sp³-hybridized carbons (Fsp3) is 0.316. The van der Waals surface area contributed by atoms with Crippen LogP contribution in [-0.2, 0) is 12.8 Å². The molecule has 214 valence electrons. The maximum atomic E-state index is 6.27. The number of aromatic nitrogens is 2. The Balaban J connectivity index is 1.20. The van der Waals surface area contributed by atoms with Crippen LogP contribution in [0.25, 0.3) is 55.1 Å². The molecule has 4 heterocycles. The second-order valence-electron chi connectivity index (χ2n) is 11.7. The quantitative estimate of drug-likeness (QED) is 0.111. The SMILES string of the molecule is CCCCCCc1ccc(-n2ccc3c4ccc5c(ccc6c5ccn6-c5ccc(CCCCCC)o5)c4ccc32)o1. The van der Waals surface area contributed by atoms with Crippen molar-refractivity contribution in [3.63, 3.8) is 0 Å². The van der Waals surface area contributed by atoms with Gasteiger partial charge in [0.1, 0.15) is 11.5 Å². The maximum absolute atomic E-state index is 6.27. The lowest BCUT2D eigenvalue weighted by Gasteiger charge is -2.09. The molecule has 0 atom stereocenters. The molecule has 0 aliphatic heterocycles. The van der Waals surface area contributed by atoms with E-state index in [1.54, 1.807) is 0 Å². The highest BCUT2D eigenvalue weighted by atomic mass is 16.4. The Hall–Kier alpha value is -4.18. The smallest absolute Gasteiger partial charge is 0.204 e. The molecular formula is C38H40N2O2. The van der Waals surface area contributed by atoms with E-state index in [-0.39, 0.29) is 0 Å². The fourth-order valence-corrected chi connectivity index (χ4v) is 6.57. The number of nitrogens with zero attached hydrogens (tertiary/aromatic N) is 2. The van der Waals surface area contributed by atoms with E-state index < -0.39 is 0 Å². The van der Waals surface area contributed by atoms with Crippen LogP contribution in [-0.4, -0.2) is 9.13 Å². The number of benzene rings is 3. The van der Waals surface area contributed by atoms with Crippen molar-refractivity contribution in [2.24, 2.45) is 0 Å². The minimum absolute atomic E-state index is 0.890. The van der Waals surface area contributed by atoms with E-state index in [1.165, 1.54) is 94.7 Å². The predicted octanol–water partition coefficient (Wildman–Crippen LogP) is 11.3. The van der Waals surface area contributed by atoms with Gasteiger partial charge in [0.15, 0.2) is 0 Å². The molecule has 7 rings (SSSR count). The van der Waals surface area contributed by atoms with Crippen LogP contribution in [0, 0.1) is 0 Å². The number of furan rings is 2. The summed E-state index contributed by atoms with van der Waals surface area (Å²) in [5.41, 5.74) is 2.34. The van der Waals surface area contributed by atoms with Gasteiger partial charge in [-0.15, -0.1) is 0 Å². The van der Waals surface area contributed by atoms with E-state index in [2.05, 4.69) is 108 Å². The van der Waals surface area contributed by atoms with Crippen LogP contribution in [0.15, 0.2) is 94.0 Å². The van der Waals surface area contributed by atoms with E-state index in [4.69, 9.17) is 8.83 Å². The molecule has 0 unspecified atom stereocenters. The lowest BCUT2D eigenvalue weighted by molar-refractivity contribution is 0.480. The molecule has 0 aliphatic carbocycles. The summed E-state index contributed by atoms with van der Waals surface area (Å²) in [5.74, 6) is 3.92. The third kappa shape index (κ3) is 4.83. The van der Waals surface area contributed by atoms with Gasteiger partial charge in [-0.05, 0) is 70.8 Å². The largest absolute Gasteiger partial charge is 0.445 e. The van der Waals surface area contributed by atoms with E-state index in [0.717, 1.165) is 36.1 Å². The molecule has 0 saturated carbocycles. The van der Waals surface area contributed by atoms with Crippen LogP contribution >= 0.6 is 0 Å². The standard InChI is InChI=1S/C38H40N2O2/c1-3-5-7-9-11-27-13-21-37(41-27)39-25-23-33-31-15-16-32-30(29(31)17-19-35(33)39)18-20-36-34(32)24-26-40(36)38-22-14-28(42-38)12-10-8-6-4-2/h13-26H,3-12H2,1-2H3. The summed E-state index contributed by atoms with van der Waals surface area (Å²) >= 11 is 0. The van der Waals surface area contributed by atoms with Gasteiger partial charge in [0.05, 0.1) is 11.0 Å². The summed E-state index contributed by atoms with van der Waals surface area (Å²) < 4.78 is 16.9. The second kappa shape index (κ2) is 11.6. The molecule has 4 aromatic heterocycles. The molecule has 42 heavy (non-hydrogen) atoms. The summed E-state index contributed by atoms with van der Waals surface area (Å²) in [6.07, 6.45) is 16.3. The van der Waals surface area contributed by atoms with Crippen LogP contribution in [0.1, 0.15) is 76.7 Å². The molecule has 0 aliphatic rings. The van der Waals surface area contributed by atoms with Crippen molar-refractivity contribution in [3.8, 4) is 11.8 Å². The zero-order valence-corrected chi connectivity index (χ0v) is 24.9. The zero-order valence-electron chi connectivity index (χ0n) is 24.9. The minimum atomic E-state index is 0.890.